The maximum Gasteiger partial charge on any atom is 0.0961 e. The summed E-state index contributed by atoms with van der Waals surface area (Å²) >= 11 is 0. The van der Waals surface area contributed by atoms with Gasteiger partial charge in [-0.1, -0.05) is 25.3 Å². The highest BCUT2D eigenvalue weighted by Crippen LogP contribution is 2.29. The van der Waals surface area contributed by atoms with E-state index in [9.17, 15) is 0 Å². The van der Waals surface area contributed by atoms with Crippen LogP contribution >= 0.6 is 0 Å². The lowest BCUT2D eigenvalue weighted by Gasteiger charge is -2.26. The highest BCUT2D eigenvalue weighted by molar-refractivity contribution is 5.12. The molecule has 1 aromatic rings. The summed E-state index contributed by atoms with van der Waals surface area (Å²) in [6.45, 7) is 1.35. The lowest BCUT2D eigenvalue weighted by Crippen LogP contribution is -2.19. The Labute approximate surface area is 97.0 Å². The zero-order chi connectivity index (χ0) is 11.2. The maximum atomic E-state index is 5.82. The minimum atomic E-state index is 0.00813. The van der Waals surface area contributed by atoms with Crippen molar-refractivity contribution in [1.29, 1.82) is 0 Å². The Morgan fingerprint density at radius 2 is 2.38 bits per heavy atom. The van der Waals surface area contributed by atoms with Crippen molar-refractivity contribution in [2.24, 2.45) is 11.7 Å². The Morgan fingerprint density at radius 3 is 2.94 bits per heavy atom. The minimum absolute atomic E-state index is 0.00813. The predicted octanol–water partition coefficient (Wildman–Crippen LogP) is 2.29. The van der Waals surface area contributed by atoms with Gasteiger partial charge in [-0.25, -0.2) is 0 Å². The normalized spacial score (nSPS) is 18.1. The number of hydrogen-bond donors (Lipinski definition) is 1. The largest absolute Gasteiger partial charge is 0.372 e. The van der Waals surface area contributed by atoms with Crippen LogP contribution in [0.2, 0.25) is 0 Å². The van der Waals surface area contributed by atoms with Crippen molar-refractivity contribution in [1.82, 2.24) is 4.98 Å². The minimum Gasteiger partial charge on any atom is -0.372 e. The SMILES string of the molecule is NCC(OCCC1CCC1)c1cccnc1. The lowest BCUT2D eigenvalue weighted by molar-refractivity contribution is 0.0422. The number of ether oxygens (including phenoxy) is 1. The number of rotatable bonds is 6. The zero-order valence-electron chi connectivity index (χ0n) is 9.64. The summed E-state index contributed by atoms with van der Waals surface area (Å²) in [4.78, 5) is 4.09. The van der Waals surface area contributed by atoms with Gasteiger partial charge in [-0.3, -0.25) is 4.98 Å². The fourth-order valence-corrected chi connectivity index (χ4v) is 2.03. The molecule has 88 valence electrons. The second-order valence-electron chi connectivity index (χ2n) is 4.47. The van der Waals surface area contributed by atoms with Gasteiger partial charge >= 0.3 is 0 Å². The molecular formula is C13H20N2O. The smallest absolute Gasteiger partial charge is 0.0961 e. The molecule has 1 aliphatic carbocycles. The van der Waals surface area contributed by atoms with Crippen LogP contribution in [-0.2, 0) is 4.74 Å². The van der Waals surface area contributed by atoms with E-state index in [-0.39, 0.29) is 6.10 Å². The van der Waals surface area contributed by atoms with Crippen molar-refractivity contribution >= 4 is 0 Å². The summed E-state index contributed by atoms with van der Waals surface area (Å²) in [5, 5.41) is 0. The molecule has 1 fully saturated rings. The third-order valence-electron chi connectivity index (χ3n) is 3.34. The standard InChI is InChI=1S/C13H20N2O/c14-9-13(12-5-2-7-15-10-12)16-8-6-11-3-1-4-11/h2,5,7,10-11,13H,1,3-4,6,8-9,14H2. The fraction of sp³-hybridized carbons (Fsp3) is 0.615. The Bertz CT molecular complexity index is 298. The van der Waals surface area contributed by atoms with Crippen molar-refractivity contribution in [2.75, 3.05) is 13.2 Å². The van der Waals surface area contributed by atoms with Crippen molar-refractivity contribution in [2.45, 2.75) is 31.8 Å². The number of hydrogen-bond acceptors (Lipinski definition) is 3. The van der Waals surface area contributed by atoms with Gasteiger partial charge in [0.15, 0.2) is 0 Å². The monoisotopic (exact) mass is 220 g/mol. The number of pyridine rings is 1. The molecular weight excluding hydrogens is 200 g/mol. The van der Waals surface area contributed by atoms with Crippen molar-refractivity contribution in [3.05, 3.63) is 30.1 Å². The van der Waals surface area contributed by atoms with Gasteiger partial charge in [0.2, 0.25) is 0 Å². The van der Waals surface area contributed by atoms with E-state index in [1.807, 2.05) is 18.3 Å². The third-order valence-corrected chi connectivity index (χ3v) is 3.34. The molecule has 3 nitrogen and oxygen atoms in total. The van der Waals surface area contributed by atoms with Gasteiger partial charge < -0.3 is 10.5 Å². The Morgan fingerprint density at radius 1 is 1.50 bits per heavy atom. The van der Waals surface area contributed by atoms with E-state index in [1.165, 1.54) is 25.7 Å². The highest BCUT2D eigenvalue weighted by Gasteiger charge is 2.18. The molecule has 0 aromatic carbocycles. The van der Waals surface area contributed by atoms with Gasteiger partial charge in [0, 0.05) is 31.1 Å². The molecule has 0 aliphatic heterocycles. The molecule has 1 saturated carbocycles. The molecule has 2 rings (SSSR count). The van der Waals surface area contributed by atoms with Gasteiger partial charge in [0.25, 0.3) is 0 Å². The van der Waals surface area contributed by atoms with E-state index < -0.39 is 0 Å². The molecule has 0 spiro atoms. The van der Waals surface area contributed by atoms with Crippen LogP contribution in [0, 0.1) is 5.92 Å². The van der Waals surface area contributed by atoms with Crippen molar-refractivity contribution < 1.29 is 4.74 Å². The lowest BCUT2D eigenvalue weighted by atomic mass is 9.83. The van der Waals surface area contributed by atoms with Crippen LogP contribution in [0.15, 0.2) is 24.5 Å². The van der Waals surface area contributed by atoms with Gasteiger partial charge in [-0.15, -0.1) is 0 Å². The topological polar surface area (TPSA) is 48.1 Å². The first-order valence-corrected chi connectivity index (χ1v) is 6.11. The quantitative estimate of drug-likeness (QED) is 0.800. The summed E-state index contributed by atoms with van der Waals surface area (Å²) in [6, 6.07) is 3.95. The van der Waals surface area contributed by atoms with Gasteiger partial charge in [-0.2, -0.15) is 0 Å². The van der Waals surface area contributed by atoms with Gasteiger partial charge in [-0.05, 0) is 18.4 Å². The summed E-state index contributed by atoms with van der Waals surface area (Å²) in [6.07, 6.45) is 8.94. The molecule has 0 bridgehead atoms. The van der Waals surface area contributed by atoms with Crippen LogP contribution in [0.5, 0.6) is 0 Å². The average molecular weight is 220 g/mol. The summed E-state index contributed by atoms with van der Waals surface area (Å²) in [7, 11) is 0. The first-order chi connectivity index (χ1) is 7.90. The Kier molecular flexibility index (Phi) is 4.31. The van der Waals surface area contributed by atoms with Crippen LogP contribution in [-0.4, -0.2) is 18.1 Å². The molecule has 1 unspecified atom stereocenters. The first-order valence-electron chi connectivity index (χ1n) is 6.11. The predicted molar refractivity (Wildman–Crippen MR) is 63.9 cm³/mol. The molecule has 1 atom stereocenters. The van der Waals surface area contributed by atoms with Crippen molar-refractivity contribution in [3.63, 3.8) is 0 Å². The number of aromatic nitrogens is 1. The molecule has 0 radical (unpaired) electrons. The zero-order valence-corrected chi connectivity index (χ0v) is 9.64. The maximum absolute atomic E-state index is 5.82. The highest BCUT2D eigenvalue weighted by atomic mass is 16.5. The fourth-order valence-electron chi connectivity index (χ4n) is 2.03. The molecule has 0 saturated heterocycles. The van der Waals surface area contributed by atoms with Gasteiger partial charge in [0.05, 0.1) is 6.10 Å². The van der Waals surface area contributed by atoms with Crippen LogP contribution in [0.3, 0.4) is 0 Å². The molecule has 0 amide bonds. The molecule has 1 aromatic heterocycles. The van der Waals surface area contributed by atoms with Crippen LogP contribution in [0.1, 0.15) is 37.4 Å². The van der Waals surface area contributed by atoms with E-state index in [2.05, 4.69) is 4.98 Å². The van der Waals surface area contributed by atoms with E-state index in [0.717, 1.165) is 18.1 Å². The van der Waals surface area contributed by atoms with E-state index in [1.54, 1.807) is 6.20 Å². The molecule has 16 heavy (non-hydrogen) atoms. The molecule has 1 aliphatic rings. The first kappa shape index (κ1) is 11.6. The van der Waals surface area contributed by atoms with Crippen LogP contribution < -0.4 is 5.73 Å². The number of nitrogens with two attached hydrogens (primary N) is 1. The van der Waals surface area contributed by atoms with E-state index in [0.29, 0.717) is 6.54 Å². The molecule has 2 N–H and O–H groups in total. The third kappa shape index (κ3) is 3.03. The second-order valence-corrected chi connectivity index (χ2v) is 4.47. The Hall–Kier alpha value is -0.930. The van der Waals surface area contributed by atoms with Crippen molar-refractivity contribution in [3.8, 4) is 0 Å². The van der Waals surface area contributed by atoms with Gasteiger partial charge in [0.1, 0.15) is 0 Å². The van der Waals surface area contributed by atoms with E-state index >= 15 is 0 Å². The molecule has 3 heteroatoms. The van der Waals surface area contributed by atoms with Crippen LogP contribution in [0.25, 0.3) is 0 Å². The Balaban J connectivity index is 1.76. The summed E-state index contributed by atoms with van der Waals surface area (Å²) < 4.78 is 5.82. The summed E-state index contributed by atoms with van der Waals surface area (Å²) in [5.74, 6) is 0.896. The molecule has 1 heterocycles. The average Bonchev–Trinajstić information content (AvgIpc) is 2.28. The van der Waals surface area contributed by atoms with E-state index in [4.69, 9.17) is 10.5 Å². The second kappa shape index (κ2) is 5.97. The summed E-state index contributed by atoms with van der Waals surface area (Å²) in [5.41, 5.74) is 6.80. The number of nitrogens with zero attached hydrogens (tertiary/aromatic N) is 1. The van der Waals surface area contributed by atoms with Crippen LogP contribution in [0.4, 0.5) is 0 Å².